The van der Waals surface area contributed by atoms with Gasteiger partial charge < -0.3 is 0 Å². The summed E-state index contributed by atoms with van der Waals surface area (Å²) in [5.41, 5.74) is 5.63. The van der Waals surface area contributed by atoms with Crippen molar-refractivity contribution in [3.8, 4) is 0 Å². The number of benzene rings is 1. The minimum absolute atomic E-state index is 1.06. The van der Waals surface area contributed by atoms with Crippen LogP contribution in [0.15, 0.2) is 47.6 Å². The molecule has 0 fully saturated rings. The van der Waals surface area contributed by atoms with Crippen molar-refractivity contribution in [1.29, 1.82) is 0 Å². The van der Waals surface area contributed by atoms with Gasteiger partial charge in [0, 0.05) is 0 Å². The van der Waals surface area contributed by atoms with E-state index in [4.69, 9.17) is 0 Å². The number of hydrogen-bond acceptors (Lipinski definition) is 0. The fourth-order valence-electron chi connectivity index (χ4n) is 1.71. The van der Waals surface area contributed by atoms with Crippen molar-refractivity contribution in [2.45, 2.75) is 47.0 Å². The fourth-order valence-corrected chi connectivity index (χ4v) is 1.71. The monoisotopic (exact) mass is 228 g/mol. The molecule has 0 atom stereocenters. The van der Waals surface area contributed by atoms with Gasteiger partial charge in [-0.25, -0.2) is 0 Å². The molecule has 0 aromatic heterocycles. The first kappa shape index (κ1) is 13.8. The second-order valence-corrected chi connectivity index (χ2v) is 5.06. The van der Waals surface area contributed by atoms with E-state index in [0.29, 0.717) is 0 Å². The van der Waals surface area contributed by atoms with Crippen molar-refractivity contribution in [2.75, 3.05) is 0 Å². The summed E-state index contributed by atoms with van der Waals surface area (Å²) in [6.45, 7) is 8.67. The molecule has 0 aliphatic rings. The number of hydrogen-bond donors (Lipinski definition) is 0. The minimum atomic E-state index is 1.06. The smallest absolute Gasteiger partial charge is 0.00949 e. The van der Waals surface area contributed by atoms with E-state index < -0.39 is 0 Å². The Bertz CT molecular complexity index is 387. The lowest BCUT2D eigenvalue weighted by atomic mass is 10.1. The third-order valence-electron chi connectivity index (χ3n) is 2.90. The minimum Gasteiger partial charge on any atom is -0.0856 e. The lowest BCUT2D eigenvalue weighted by Gasteiger charge is -2.01. The molecule has 0 unspecified atom stereocenters. The molecule has 0 amide bonds. The predicted molar refractivity (Wildman–Crippen MR) is 77.3 cm³/mol. The lowest BCUT2D eigenvalue weighted by Crippen LogP contribution is -1.84. The largest absolute Gasteiger partial charge is 0.0856 e. The van der Waals surface area contributed by atoms with E-state index in [1.165, 1.54) is 35.1 Å². The zero-order valence-corrected chi connectivity index (χ0v) is 11.6. The van der Waals surface area contributed by atoms with E-state index >= 15 is 0 Å². The molecule has 0 nitrogen and oxygen atoms in total. The maximum atomic E-state index is 2.35. The van der Waals surface area contributed by atoms with E-state index in [1.807, 2.05) is 0 Å². The van der Waals surface area contributed by atoms with Crippen LogP contribution >= 0.6 is 0 Å². The molecule has 0 heterocycles. The Morgan fingerprint density at radius 3 is 2.24 bits per heavy atom. The van der Waals surface area contributed by atoms with Crippen LogP contribution in [-0.4, -0.2) is 0 Å². The van der Waals surface area contributed by atoms with E-state index in [2.05, 4.69) is 64.1 Å². The Labute approximate surface area is 106 Å². The van der Waals surface area contributed by atoms with Gasteiger partial charge in [0.2, 0.25) is 0 Å². The lowest BCUT2D eigenvalue weighted by molar-refractivity contribution is 0.955. The van der Waals surface area contributed by atoms with Gasteiger partial charge in [-0.3, -0.25) is 0 Å². The van der Waals surface area contributed by atoms with Crippen LogP contribution in [0.3, 0.4) is 0 Å². The normalized spacial score (nSPS) is 11.4. The fraction of sp³-hybridized carbons (Fsp3) is 0.412. The summed E-state index contributed by atoms with van der Waals surface area (Å²) in [6.07, 6.45) is 8.06. The van der Waals surface area contributed by atoms with Crippen LogP contribution in [0.4, 0.5) is 0 Å². The molecule has 0 saturated carbocycles. The van der Waals surface area contributed by atoms with E-state index in [-0.39, 0.29) is 0 Å². The van der Waals surface area contributed by atoms with Crippen molar-refractivity contribution < 1.29 is 0 Å². The highest BCUT2D eigenvalue weighted by Crippen LogP contribution is 2.10. The van der Waals surface area contributed by atoms with Gasteiger partial charge in [0.1, 0.15) is 0 Å². The van der Waals surface area contributed by atoms with Crippen LogP contribution < -0.4 is 0 Å². The van der Waals surface area contributed by atoms with Crippen LogP contribution in [0.5, 0.6) is 0 Å². The van der Waals surface area contributed by atoms with Gasteiger partial charge in [0.25, 0.3) is 0 Å². The molecule has 1 rings (SSSR count). The van der Waals surface area contributed by atoms with Crippen molar-refractivity contribution in [3.63, 3.8) is 0 Å². The summed E-state index contributed by atoms with van der Waals surface area (Å²) in [5, 5.41) is 0. The van der Waals surface area contributed by atoms with Gasteiger partial charge in [-0.1, -0.05) is 53.1 Å². The first-order valence-corrected chi connectivity index (χ1v) is 6.42. The Morgan fingerprint density at radius 2 is 1.65 bits per heavy atom. The second-order valence-electron chi connectivity index (χ2n) is 5.06. The molecule has 0 N–H and O–H groups in total. The average molecular weight is 228 g/mol. The molecule has 92 valence electrons. The van der Waals surface area contributed by atoms with Gasteiger partial charge >= 0.3 is 0 Å². The van der Waals surface area contributed by atoms with Crippen LogP contribution in [0.1, 0.15) is 44.7 Å². The summed E-state index contributed by atoms with van der Waals surface area (Å²) < 4.78 is 0. The van der Waals surface area contributed by atoms with E-state index in [9.17, 15) is 0 Å². The van der Waals surface area contributed by atoms with Gasteiger partial charge in [0.05, 0.1) is 0 Å². The molecule has 0 spiro atoms. The van der Waals surface area contributed by atoms with Crippen LogP contribution in [0, 0.1) is 6.92 Å². The molecule has 0 heteroatoms. The Kier molecular flexibility index (Phi) is 5.76. The van der Waals surface area contributed by atoms with Crippen molar-refractivity contribution in [1.82, 2.24) is 0 Å². The maximum Gasteiger partial charge on any atom is -0.00949 e. The van der Waals surface area contributed by atoms with Crippen molar-refractivity contribution in [3.05, 3.63) is 58.7 Å². The number of aryl methyl sites for hydroxylation is 1. The SMILES string of the molecule is CC(C)=CCC/C(C)=C/Cc1ccc(C)cc1. The first-order valence-electron chi connectivity index (χ1n) is 6.42. The Balaban J connectivity index is 2.42. The number of rotatable bonds is 5. The molecular weight excluding hydrogens is 204 g/mol. The third kappa shape index (κ3) is 6.11. The quantitative estimate of drug-likeness (QED) is 0.605. The van der Waals surface area contributed by atoms with Crippen LogP contribution in [0.25, 0.3) is 0 Å². The molecule has 17 heavy (non-hydrogen) atoms. The zero-order valence-electron chi connectivity index (χ0n) is 11.6. The first-order chi connectivity index (χ1) is 8.08. The summed E-state index contributed by atoms with van der Waals surface area (Å²) in [4.78, 5) is 0. The summed E-state index contributed by atoms with van der Waals surface area (Å²) in [5.74, 6) is 0. The molecule has 1 aromatic carbocycles. The molecular formula is C17H24. The number of allylic oxidation sites excluding steroid dienone is 4. The highest BCUT2D eigenvalue weighted by molar-refractivity contribution is 5.23. The zero-order chi connectivity index (χ0) is 12.7. The van der Waals surface area contributed by atoms with Crippen molar-refractivity contribution in [2.24, 2.45) is 0 Å². The van der Waals surface area contributed by atoms with Crippen molar-refractivity contribution >= 4 is 0 Å². The predicted octanol–water partition coefficient (Wildman–Crippen LogP) is 5.23. The highest BCUT2D eigenvalue weighted by atomic mass is 14.0. The van der Waals surface area contributed by atoms with E-state index in [1.54, 1.807) is 0 Å². The van der Waals surface area contributed by atoms with Crippen LogP contribution in [0.2, 0.25) is 0 Å². The molecule has 1 aromatic rings. The van der Waals surface area contributed by atoms with Crippen LogP contribution in [-0.2, 0) is 6.42 Å². The van der Waals surface area contributed by atoms with Gasteiger partial charge in [-0.05, 0) is 52.5 Å². The molecule has 0 bridgehead atoms. The Morgan fingerprint density at radius 1 is 1.00 bits per heavy atom. The molecule has 0 aliphatic heterocycles. The third-order valence-corrected chi connectivity index (χ3v) is 2.90. The maximum absolute atomic E-state index is 2.35. The summed E-state index contributed by atoms with van der Waals surface area (Å²) >= 11 is 0. The second kappa shape index (κ2) is 7.11. The van der Waals surface area contributed by atoms with Gasteiger partial charge in [-0.2, -0.15) is 0 Å². The van der Waals surface area contributed by atoms with E-state index in [0.717, 1.165) is 6.42 Å². The molecule has 0 saturated heterocycles. The topological polar surface area (TPSA) is 0 Å². The average Bonchev–Trinajstić information content (AvgIpc) is 2.28. The van der Waals surface area contributed by atoms with Gasteiger partial charge in [-0.15, -0.1) is 0 Å². The summed E-state index contributed by atoms with van der Waals surface area (Å²) in [6, 6.07) is 8.80. The molecule has 0 radical (unpaired) electrons. The van der Waals surface area contributed by atoms with Gasteiger partial charge in [0.15, 0.2) is 0 Å². The molecule has 0 aliphatic carbocycles. The standard InChI is InChI=1S/C17H24/c1-14(2)6-5-7-15(3)8-11-17-12-9-16(4)10-13-17/h6,8-10,12-13H,5,7,11H2,1-4H3/b15-8+. The summed E-state index contributed by atoms with van der Waals surface area (Å²) in [7, 11) is 0. The highest BCUT2D eigenvalue weighted by Gasteiger charge is 1.92. The Hall–Kier alpha value is -1.30.